The average molecular weight is 562 g/mol. The zero-order chi connectivity index (χ0) is 28.0. The zero-order valence-electron chi connectivity index (χ0n) is 20.3. The Bertz CT molecular complexity index is 1430. The molecule has 3 heterocycles. The number of esters is 1. The lowest BCUT2D eigenvalue weighted by atomic mass is 10.1. The summed E-state index contributed by atoms with van der Waals surface area (Å²) in [7, 11) is -4.31. The molecule has 3 rings (SSSR count). The Hall–Kier alpha value is -3.88. The summed E-state index contributed by atoms with van der Waals surface area (Å²) >= 11 is 0. The normalized spacial score (nSPS) is 12.5. The first-order chi connectivity index (χ1) is 17.8. The van der Waals surface area contributed by atoms with Gasteiger partial charge in [0.05, 0.1) is 12.1 Å². The van der Waals surface area contributed by atoms with Crippen molar-refractivity contribution in [2.75, 3.05) is 6.16 Å². The van der Waals surface area contributed by atoms with Crippen molar-refractivity contribution >= 4 is 19.5 Å². The van der Waals surface area contributed by atoms with Crippen molar-refractivity contribution in [1.82, 2.24) is 0 Å². The van der Waals surface area contributed by atoms with E-state index in [1.165, 1.54) is 20.8 Å². The molecule has 0 spiro atoms. The molecule has 1 unspecified atom stereocenters. The maximum Gasteiger partial charge on any atom is 0.519 e. The van der Waals surface area contributed by atoms with E-state index in [-0.39, 0.29) is 41.0 Å². The maximum absolute atomic E-state index is 13.5. The highest BCUT2D eigenvalue weighted by atomic mass is 31.2. The third-order valence-corrected chi connectivity index (χ3v) is 7.08. The number of hydrogen-bond donors (Lipinski definition) is 1. The number of ether oxygens (including phenoxy) is 1. The molecule has 16 nitrogen and oxygen atoms in total. The van der Waals surface area contributed by atoms with E-state index in [0.717, 1.165) is 0 Å². The fourth-order valence-corrected chi connectivity index (χ4v) is 4.84. The number of carboxylic acids is 1. The van der Waals surface area contributed by atoms with Gasteiger partial charge in [0.1, 0.15) is 24.7 Å². The lowest BCUT2D eigenvalue weighted by Gasteiger charge is -2.21. The number of aryl methyl sites for hydroxylation is 3. The topological polar surface area (TPSA) is 229 Å². The quantitative estimate of drug-likeness (QED) is 0.219. The monoisotopic (exact) mass is 562 g/mol. The fourth-order valence-electron chi connectivity index (χ4n) is 3.05. The van der Waals surface area contributed by atoms with E-state index in [1.54, 1.807) is 0 Å². The summed E-state index contributed by atoms with van der Waals surface area (Å²) < 4.78 is 57.5. The van der Waals surface area contributed by atoms with Crippen LogP contribution in [0.1, 0.15) is 47.4 Å². The first-order valence-electron chi connectivity index (χ1n) is 10.9. The van der Waals surface area contributed by atoms with Gasteiger partial charge in [-0.2, -0.15) is 0 Å². The van der Waals surface area contributed by atoms with Gasteiger partial charge >= 0.3 is 37.0 Å². The number of aliphatic carboxylic acids is 1. The average Bonchev–Trinajstić information content (AvgIpc) is 3.46. The molecule has 3 aromatic heterocycles. The summed E-state index contributed by atoms with van der Waals surface area (Å²) in [5, 5.41) is 9.67. The molecule has 208 valence electrons. The summed E-state index contributed by atoms with van der Waals surface area (Å²) in [4.78, 5) is 57.6. The van der Waals surface area contributed by atoms with Crippen LogP contribution in [0.4, 0.5) is 0 Å². The molecule has 1 atom stereocenters. The Morgan fingerprint density at radius 2 is 1.18 bits per heavy atom. The number of carbonyl (C=O) groups excluding carboxylic acids is 1. The molecule has 0 fully saturated rings. The summed E-state index contributed by atoms with van der Waals surface area (Å²) in [6.07, 6.45) is -1.46. The van der Waals surface area contributed by atoms with Crippen molar-refractivity contribution in [2.24, 2.45) is 5.92 Å². The third-order valence-electron chi connectivity index (χ3n) is 5.15. The highest BCUT2D eigenvalue weighted by Crippen LogP contribution is 2.52. The van der Waals surface area contributed by atoms with Crippen molar-refractivity contribution < 1.29 is 59.5 Å². The van der Waals surface area contributed by atoms with Gasteiger partial charge in [0, 0.05) is 6.42 Å². The number of hydrogen-bond acceptors (Lipinski definition) is 15. The Balaban J connectivity index is 1.68. The lowest BCUT2D eigenvalue weighted by molar-refractivity contribution is -0.146. The second kappa shape index (κ2) is 12.1. The van der Waals surface area contributed by atoms with Crippen LogP contribution >= 0.6 is 7.60 Å². The van der Waals surface area contributed by atoms with Crippen molar-refractivity contribution in [1.29, 1.82) is 0 Å². The Morgan fingerprint density at radius 1 is 0.763 bits per heavy atom. The van der Waals surface area contributed by atoms with Gasteiger partial charge in [-0.1, -0.05) is 0 Å². The van der Waals surface area contributed by atoms with E-state index in [1.807, 2.05) is 0 Å². The van der Waals surface area contributed by atoms with E-state index < -0.39 is 75.3 Å². The van der Waals surface area contributed by atoms with Crippen LogP contribution in [0.5, 0.6) is 0 Å². The smallest absolute Gasteiger partial charge is 0.481 e. The van der Waals surface area contributed by atoms with Gasteiger partial charge in [0.15, 0.2) is 29.6 Å². The Kier molecular flexibility index (Phi) is 9.14. The predicted molar refractivity (Wildman–Crippen MR) is 118 cm³/mol. The predicted octanol–water partition coefficient (Wildman–Crippen LogP) is 2.40. The molecule has 0 aromatic carbocycles. The molecule has 0 aliphatic carbocycles. The van der Waals surface area contributed by atoms with Crippen molar-refractivity contribution in [3.8, 4) is 0 Å². The van der Waals surface area contributed by atoms with Crippen molar-refractivity contribution in [3.05, 3.63) is 66.4 Å². The SMILES string of the molecule is Cc1oc(=O)oc1COC(=O)CCC(CP(=O)(OCc1oc(=O)oc1C)OCc1oc(=O)oc1C)C(=O)O. The van der Waals surface area contributed by atoms with E-state index in [2.05, 4.69) is 4.42 Å². The van der Waals surface area contributed by atoms with Gasteiger partial charge in [-0.25, -0.2) is 14.4 Å². The molecule has 0 aliphatic rings. The number of carbonyl (C=O) groups is 2. The molecule has 17 heteroatoms. The molecular formula is C21H23O16P. The van der Waals surface area contributed by atoms with Crippen LogP contribution in [0.3, 0.4) is 0 Å². The largest absolute Gasteiger partial charge is 0.519 e. The fraction of sp³-hybridized carbons (Fsp3) is 0.476. The van der Waals surface area contributed by atoms with E-state index in [9.17, 15) is 33.6 Å². The Morgan fingerprint density at radius 3 is 1.55 bits per heavy atom. The highest BCUT2D eigenvalue weighted by molar-refractivity contribution is 7.53. The standard InChI is InChI=1S/C21H23O16P/c1-10-14(35-19(25)32-10)6-29-17(22)5-4-13(18(23)24)9-38(28,30-7-15-11(2)33-20(26)36-15)31-8-16-12(3)34-21(27)37-16/h13H,4-9H2,1-3H3,(H,23,24). The summed E-state index contributed by atoms with van der Waals surface area (Å²) in [6.45, 7) is 2.64. The van der Waals surface area contributed by atoms with Gasteiger partial charge in [-0.3, -0.25) is 14.2 Å². The van der Waals surface area contributed by atoms with Crippen LogP contribution in [-0.4, -0.2) is 23.2 Å². The molecule has 0 radical (unpaired) electrons. The van der Waals surface area contributed by atoms with E-state index in [0.29, 0.717) is 0 Å². The molecule has 0 saturated heterocycles. The van der Waals surface area contributed by atoms with E-state index >= 15 is 0 Å². The first-order valence-corrected chi connectivity index (χ1v) is 12.6. The minimum atomic E-state index is -4.31. The third kappa shape index (κ3) is 7.81. The molecule has 3 aromatic rings. The number of rotatable bonds is 14. The second-order valence-corrected chi connectivity index (χ2v) is 9.98. The molecular weight excluding hydrogens is 539 g/mol. The lowest BCUT2D eigenvalue weighted by Crippen LogP contribution is -2.21. The Labute approximate surface area is 211 Å². The maximum atomic E-state index is 13.5. The molecule has 1 N–H and O–H groups in total. The van der Waals surface area contributed by atoms with Crippen LogP contribution in [0.2, 0.25) is 0 Å². The van der Waals surface area contributed by atoms with Gasteiger partial charge in [-0.05, 0) is 27.2 Å². The van der Waals surface area contributed by atoms with Crippen LogP contribution in [-0.2, 0) is 47.8 Å². The minimum Gasteiger partial charge on any atom is -0.481 e. The molecule has 0 amide bonds. The first kappa shape index (κ1) is 28.7. The van der Waals surface area contributed by atoms with Crippen LogP contribution in [0.15, 0.2) is 40.9 Å². The van der Waals surface area contributed by atoms with Crippen LogP contribution < -0.4 is 17.5 Å². The molecule has 0 aliphatic heterocycles. The van der Waals surface area contributed by atoms with Crippen molar-refractivity contribution in [2.45, 2.75) is 53.4 Å². The van der Waals surface area contributed by atoms with Gasteiger partial charge < -0.3 is 45.4 Å². The van der Waals surface area contributed by atoms with Crippen LogP contribution in [0.25, 0.3) is 0 Å². The van der Waals surface area contributed by atoms with Crippen LogP contribution in [0, 0.1) is 26.7 Å². The molecule has 38 heavy (non-hydrogen) atoms. The summed E-state index contributed by atoms with van der Waals surface area (Å²) in [6, 6.07) is 0. The molecule has 0 saturated carbocycles. The van der Waals surface area contributed by atoms with Gasteiger partial charge in [0.25, 0.3) is 0 Å². The van der Waals surface area contributed by atoms with E-state index in [4.69, 9.17) is 35.9 Å². The minimum absolute atomic E-state index is 0.00758. The molecule has 0 bridgehead atoms. The second-order valence-electron chi connectivity index (χ2n) is 7.88. The van der Waals surface area contributed by atoms with Gasteiger partial charge in [-0.15, -0.1) is 0 Å². The summed E-state index contributed by atoms with van der Waals surface area (Å²) in [5.41, 5.74) is 0. The highest BCUT2D eigenvalue weighted by Gasteiger charge is 2.35. The summed E-state index contributed by atoms with van der Waals surface area (Å²) in [5.74, 6) is -6.72. The number of carboxylic acid groups (broad SMARTS) is 1. The van der Waals surface area contributed by atoms with Crippen molar-refractivity contribution in [3.63, 3.8) is 0 Å². The zero-order valence-corrected chi connectivity index (χ0v) is 21.2. The van der Waals surface area contributed by atoms with Gasteiger partial charge in [0.2, 0.25) is 0 Å².